The molecule has 5 amide bonds. The van der Waals surface area contributed by atoms with E-state index in [0.717, 1.165) is 18.5 Å². The summed E-state index contributed by atoms with van der Waals surface area (Å²) in [6, 6.07) is 4.92. The van der Waals surface area contributed by atoms with Crippen LogP contribution in [0.3, 0.4) is 0 Å². The molecule has 0 aromatic heterocycles. The van der Waals surface area contributed by atoms with Crippen LogP contribution in [0.1, 0.15) is 99.0 Å². The van der Waals surface area contributed by atoms with Gasteiger partial charge in [0.25, 0.3) is 0 Å². The molecular weight excluding hydrogens is 751 g/mol. The number of amides is 5. The molecule has 1 saturated heterocycles. The Morgan fingerprint density at radius 2 is 1.60 bits per heavy atom. The van der Waals surface area contributed by atoms with Gasteiger partial charge in [-0.15, -0.1) is 0 Å². The quantitative estimate of drug-likeness (QED) is 0.0967. The van der Waals surface area contributed by atoms with Crippen LogP contribution < -0.4 is 10.6 Å². The molecule has 0 saturated carbocycles. The van der Waals surface area contributed by atoms with E-state index in [1.165, 1.54) is 42.6 Å². The highest BCUT2D eigenvalue weighted by Crippen LogP contribution is 2.25. The molecule has 1 unspecified atom stereocenters. The van der Waals surface area contributed by atoms with E-state index in [1.807, 2.05) is 47.8 Å². The van der Waals surface area contributed by atoms with Gasteiger partial charge in [0.05, 0.1) is 23.9 Å². The van der Waals surface area contributed by atoms with Crippen molar-refractivity contribution in [1.29, 1.82) is 0 Å². The molecular formula is C42H67N5O9S. The van der Waals surface area contributed by atoms with Crippen LogP contribution in [-0.2, 0) is 44.8 Å². The fourth-order valence-corrected chi connectivity index (χ4v) is 7.76. The van der Waals surface area contributed by atoms with Gasteiger partial charge in [0.15, 0.2) is 5.78 Å². The van der Waals surface area contributed by atoms with Gasteiger partial charge in [-0.2, -0.15) is 11.8 Å². The maximum Gasteiger partial charge on any atom is 0.410 e. The molecule has 1 fully saturated rings. The molecule has 1 aliphatic heterocycles. The average molecular weight is 818 g/mol. The minimum atomic E-state index is -0.929. The number of hydrogen-bond donors (Lipinski definition) is 2. The predicted octanol–water partition coefficient (Wildman–Crippen LogP) is 5.32. The van der Waals surface area contributed by atoms with E-state index in [-0.39, 0.29) is 78.3 Å². The standard InChI is InChI=1S/C42H67N5O9S/c1-12-28(6)38(33(55-10)22-29(7)48)45(8)41(53)36(26(2)3)44-39(51)37(27(4)5)46(9)42(54)56-25-30-17-19-31(20-18-30)43-24-32(49)16-14-13-15-21-47-35(50)23-34(57-11)40(47)52/h17-20,26-28,33-34,36-38,43H,12-16,21-25H2,1-11H3,(H,44,51)/t28-,33+,34?,36-,37-,38-/m0/s1. The summed E-state index contributed by atoms with van der Waals surface area (Å²) in [5, 5.41) is 5.75. The van der Waals surface area contributed by atoms with Gasteiger partial charge in [-0.25, -0.2) is 4.79 Å². The van der Waals surface area contributed by atoms with Crippen molar-refractivity contribution in [1.82, 2.24) is 20.0 Å². The lowest BCUT2D eigenvalue weighted by atomic mass is 9.89. The third kappa shape index (κ3) is 14.7. The van der Waals surface area contributed by atoms with E-state index >= 15 is 0 Å². The predicted molar refractivity (Wildman–Crippen MR) is 222 cm³/mol. The Bertz CT molecular complexity index is 1520. The number of carbonyl (C=O) groups is 7. The molecule has 2 rings (SSSR count). The molecule has 14 nitrogen and oxygen atoms in total. The highest BCUT2D eigenvalue weighted by molar-refractivity contribution is 8.00. The van der Waals surface area contributed by atoms with Gasteiger partial charge in [-0.1, -0.05) is 66.5 Å². The van der Waals surface area contributed by atoms with E-state index < -0.39 is 36.2 Å². The zero-order chi connectivity index (χ0) is 43.0. The Balaban J connectivity index is 1.91. The summed E-state index contributed by atoms with van der Waals surface area (Å²) in [4.78, 5) is 94.0. The number of likely N-dealkylation sites (tertiary alicyclic amines) is 1. The molecule has 1 aliphatic rings. The number of benzene rings is 1. The first kappa shape index (κ1) is 49.2. The van der Waals surface area contributed by atoms with E-state index in [1.54, 1.807) is 36.2 Å². The van der Waals surface area contributed by atoms with Crippen LogP contribution in [0.15, 0.2) is 24.3 Å². The molecule has 0 aliphatic carbocycles. The van der Waals surface area contributed by atoms with Crippen LogP contribution in [0.5, 0.6) is 0 Å². The Hall–Kier alpha value is -3.98. The molecule has 1 aromatic carbocycles. The second kappa shape index (κ2) is 24.1. The van der Waals surface area contributed by atoms with Crippen LogP contribution in [0.4, 0.5) is 10.5 Å². The highest BCUT2D eigenvalue weighted by Gasteiger charge is 2.40. The van der Waals surface area contributed by atoms with Crippen LogP contribution in [0.2, 0.25) is 0 Å². The number of Topliss-reactive ketones (excluding diaryl/α,β-unsaturated/α-hetero) is 2. The maximum absolute atomic E-state index is 14.0. The number of nitrogens with zero attached hydrogens (tertiary/aromatic N) is 3. The number of methoxy groups -OCH3 is 1. The number of carbonyl (C=O) groups excluding carboxylic acids is 7. The lowest BCUT2D eigenvalue weighted by Gasteiger charge is -2.40. The number of hydrogen-bond acceptors (Lipinski definition) is 11. The molecule has 15 heteroatoms. The molecule has 6 atom stereocenters. The minimum Gasteiger partial charge on any atom is -0.445 e. The van der Waals surface area contributed by atoms with Crippen molar-refractivity contribution in [2.24, 2.45) is 17.8 Å². The zero-order valence-corrected chi connectivity index (χ0v) is 36.7. The van der Waals surface area contributed by atoms with Crippen LogP contribution in [0.25, 0.3) is 0 Å². The number of rotatable bonds is 25. The lowest BCUT2D eigenvalue weighted by Crippen LogP contribution is -2.60. The molecule has 1 aromatic rings. The Morgan fingerprint density at radius 3 is 2.12 bits per heavy atom. The van der Waals surface area contributed by atoms with Gasteiger partial charge < -0.3 is 25.0 Å². The Labute approximate surface area is 343 Å². The molecule has 0 radical (unpaired) electrons. The van der Waals surface area contributed by atoms with Crippen molar-refractivity contribution in [3.8, 4) is 0 Å². The Kier molecular flexibility index (Phi) is 20.8. The van der Waals surface area contributed by atoms with Crippen molar-refractivity contribution in [3.63, 3.8) is 0 Å². The smallest absolute Gasteiger partial charge is 0.410 e. The summed E-state index contributed by atoms with van der Waals surface area (Å²) in [5.74, 6) is -1.60. The molecule has 2 N–H and O–H groups in total. The molecule has 0 spiro atoms. The molecule has 1 heterocycles. The number of thioether (sulfide) groups is 1. The summed E-state index contributed by atoms with van der Waals surface area (Å²) < 4.78 is 11.3. The summed E-state index contributed by atoms with van der Waals surface area (Å²) in [6.07, 6.45) is 4.27. The summed E-state index contributed by atoms with van der Waals surface area (Å²) in [6.45, 7) is 13.3. The van der Waals surface area contributed by atoms with Crippen molar-refractivity contribution in [3.05, 3.63) is 29.8 Å². The monoisotopic (exact) mass is 817 g/mol. The molecule has 57 heavy (non-hydrogen) atoms. The first-order valence-electron chi connectivity index (χ1n) is 20.1. The second-order valence-corrected chi connectivity index (χ2v) is 16.8. The van der Waals surface area contributed by atoms with Crippen LogP contribution in [-0.4, -0.2) is 126 Å². The van der Waals surface area contributed by atoms with E-state index in [0.29, 0.717) is 31.4 Å². The second-order valence-electron chi connectivity index (χ2n) is 15.8. The number of nitrogens with one attached hydrogen (secondary N) is 2. The average Bonchev–Trinajstić information content (AvgIpc) is 3.44. The number of unbranched alkanes of at least 4 members (excludes halogenated alkanes) is 2. The SMILES string of the molecule is CC[C@H](C)[C@@H]([C@@H](CC(C)=O)OC)N(C)C(=O)[C@@H](NC(=O)[C@H](C(C)C)N(C)C(=O)OCc1ccc(NCC(=O)CCCCCN2C(=O)CC(SC)C2=O)cc1)C(C)C. The maximum atomic E-state index is 14.0. The number of likely N-dealkylation sites (N-methyl/N-ethyl adjacent to an activating group) is 2. The highest BCUT2D eigenvalue weighted by atomic mass is 32.2. The first-order chi connectivity index (χ1) is 26.9. The van der Waals surface area contributed by atoms with Crippen LogP contribution >= 0.6 is 11.8 Å². The van der Waals surface area contributed by atoms with E-state index in [9.17, 15) is 33.6 Å². The van der Waals surface area contributed by atoms with Gasteiger partial charge in [0.2, 0.25) is 23.6 Å². The third-order valence-electron chi connectivity index (χ3n) is 10.7. The normalized spacial score (nSPS) is 16.9. The lowest BCUT2D eigenvalue weighted by molar-refractivity contribution is -0.144. The summed E-state index contributed by atoms with van der Waals surface area (Å²) in [7, 11) is 4.70. The molecule has 0 bridgehead atoms. The van der Waals surface area contributed by atoms with Gasteiger partial charge in [0.1, 0.15) is 24.5 Å². The van der Waals surface area contributed by atoms with Gasteiger partial charge in [0, 0.05) is 52.7 Å². The zero-order valence-electron chi connectivity index (χ0n) is 35.9. The number of imide groups is 1. The minimum absolute atomic E-state index is 0.0169. The van der Waals surface area contributed by atoms with Crippen LogP contribution in [0, 0.1) is 17.8 Å². The number of ether oxygens (including phenoxy) is 2. The Morgan fingerprint density at radius 1 is 0.947 bits per heavy atom. The van der Waals surface area contributed by atoms with Crippen molar-refractivity contribution >= 4 is 58.7 Å². The first-order valence-corrected chi connectivity index (χ1v) is 21.4. The number of ketones is 2. The van der Waals surface area contributed by atoms with Gasteiger partial charge >= 0.3 is 6.09 Å². The molecule has 320 valence electrons. The third-order valence-corrected chi connectivity index (χ3v) is 11.6. The van der Waals surface area contributed by atoms with Crippen molar-refractivity contribution in [2.75, 3.05) is 45.9 Å². The number of anilines is 1. The van der Waals surface area contributed by atoms with E-state index in [4.69, 9.17) is 9.47 Å². The van der Waals surface area contributed by atoms with Crippen molar-refractivity contribution < 1.29 is 43.0 Å². The fraction of sp³-hybridized carbons (Fsp3) is 0.690. The van der Waals surface area contributed by atoms with Gasteiger partial charge in [-0.05, 0) is 61.5 Å². The van der Waals surface area contributed by atoms with E-state index in [2.05, 4.69) is 10.6 Å². The summed E-state index contributed by atoms with van der Waals surface area (Å²) >= 11 is 1.40. The summed E-state index contributed by atoms with van der Waals surface area (Å²) in [5.41, 5.74) is 1.44. The van der Waals surface area contributed by atoms with Crippen molar-refractivity contribution in [2.45, 2.75) is 129 Å². The topological polar surface area (TPSA) is 172 Å². The largest absolute Gasteiger partial charge is 0.445 e. The van der Waals surface area contributed by atoms with Gasteiger partial charge in [-0.3, -0.25) is 38.6 Å². The fourth-order valence-electron chi connectivity index (χ4n) is 7.12.